The smallest absolute Gasteiger partial charge is 0.152 e. The molecule has 15 heavy (non-hydrogen) atoms. The molecular formula is C11H25NO2S. The van der Waals surface area contributed by atoms with Gasteiger partial charge in [0.2, 0.25) is 0 Å². The molecule has 3 nitrogen and oxygen atoms in total. The third-order valence-corrected chi connectivity index (χ3v) is 4.88. The third kappa shape index (κ3) is 6.90. The molecule has 0 aliphatic carbocycles. The molecule has 1 atom stereocenters. The zero-order valence-electron chi connectivity index (χ0n) is 10.4. The molecular weight excluding hydrogens is 210 g/mol. The predicted octanol–water partition coefficient (Wildman–Crippen LogP) is 1.84. The molecule has 0 aromatic carbocycles. The van der Waals surface area contributed by atoms with Crippen molar-refractivity contribution in [1.82, 2.24) is 5.32 Å². The Morgan fingerprint density at radius 1 is 1.20 bits per heavy atom. The van der Waals surface area contributed by atoms with Gasteiger partial charge >= 0.3 is 0 Å². The number of sulfone groups is 1. The van der Waals surface area contributed by atoms with Crippen LogP contribution in [0.1, 0.15) is 40.5 Å². The van der Waals surface area contributed by atoms with Crippen LogP contribution in [0.5, 0.6) is 0 Å². The highest BCUT2D eigenvalue weighted by Gasteiger charge is 2.15. The first-order valence-electron chi connectivity index (χ1n) is 5.82. The van der Waals surface area contributed by atoms with Crippen molar-refractivity contribution in [2.24, 2.45) is 5.92 Å². The minimum Gasteiger partial charge on any atom is -0.317 e. The van der Waals surface area contributed by atoms with Gasteiger partial charge in [0.15, 0.2) is 9.84 Å². The molecule has 0 aliphatic rings. The van der Waals surface area contributed by atoms with Gasteiger partial charge in [-0.1, -0.05) is 13.8 Å². The van der Waals surface area contributed by atoms with Gasteiger partial charge in [0, 0.05) is 0 Å². The van der Waals surface area contributed by atoms with Gasteiger partial charge in [-0.05, 0) is 45.7 Å². The van der Waals surface area contributed by atoms with Crippen molar-refractivity contribution < 1.29 is 8.42 Å². The molecule has 0 fully saturated rings. The van der Waals surface area contributed by atoms with Crippen LogP contribution in [-0.2, 0) is 9.84 Å². The predicted molar refractivity (Wildman–Crippen MR) is 65.9 cm³/mol. The molecule has 4 heteroatoms. The maximum Gasteiger partial charge on any atom is 0.152 e. The first-order valence-corrected chi connectivity index (χ1v) is 7.54. The lowest BCUT2D eigenvalue weighted by Gasteiger charge is -2.12. The normalized spacial score (nSPS) is 14.5. The SMILES string of the molecule is CCNCC(C)CCCS(=O)(=O)C(C)C. The first kappa shape index (κ1) is 14.9. The van der Waals surface area contributed by atoms with E-state index in [0.29, 0.717) is 11.7 Å². The average Bonchev–Trinajstić information content (AvgIpc) is 2.14. The molecule has 0 aliphatic heterocycles. The largest absolute Gasteiger partial charge is 0.317 e. The molecule has 1 unspecified atom stereocenters. The lowest BCUT2D eigenvalue weighted by atomic mass is 10.1. The molecule has 0 amide bonds. The van der Waals surface area contributed by atoms with Gasteiger partial charge in [-0.15, -0.1) is 0 Å². The minimum atomic E-state index is -2.83. The van der Waals surface area contributed by atoms with Crippen molar-refractivity contribution in [3.8, 4) is 0 Å². The van der Waals surface area contributed by atoms with Crippen molar-refractivity contribution in [3.63, 3.8) is 0 Å². The highest BCUT2D eigenvalue weighted by atomic mass is 32.2. The monoisotopic (exact) mass is 235 g/mol. The molecule has 0 bridgehead atoms. The van der Waals surface area contributed by atoms with Gasteiger partial charge in [-0.25, -0.2) is 8.42 Å². The second-order valence-corrected chi connectivity index (χ2v) is 7.15. The minimum absolute atomic E-state index is 0.235. The highest BCUT2D eigenvalue weighted by Crippen LogP contribution is 2.09. The van der Waals surface area contributed by atoms with E-state index in [1.807, 2.05) is 0 Å². The van der Waals surface area contributed by atoms with E-state index in [9.17, 15) is 8.42 Å². The summed E-state index contributed by atoms with van der Waals surface area (Å²) in [6.45, 7) is 9.70. The van der Waals surface area contributed by atoms with Crippen molar-refractivity contribution in [1.29, 1.82) is 0 Å². The average molecular weight is 235 g/mol. The summed E-state index contributed by atoms with van der Waals surface area (Å²) in [5, 5.41) is 3.03. The molecule has 0 rings (SSSR count). The van der Waals surface area contributed by atoms with Gasteiger partial charge < -0.3 is 5.32 Å². The van der Waals surface area contributed by atoms with E-state index in [2.05, 4.69) is 19.2 Å². The Labute approximate surface area is 94.6 Å². The summed E-state index contributed by atoms with van der Waals surface area (Å²) < 4.78 is 23.0. The molecule has 0 saturated carbocycles. The Balaban J connectivity index is 3.70. The molecule has 0 spiro atoms. The topological polar surface area (TPSA) is 46.2 Å². The second kappa shape index (κ2) is 7.23. The summed E-state index contributed by atoms with van der Waals surface area (Å²) in [6, 6.07) is 0. The van der Waals surface area contributed by atoms with Crippen LogP contribution in [0.4, 0.5) is 0 Å². The number of nitrogens with one attached hydrogen (secondary N) is 1. The Bertz CT molecular complexity index is 247. The van der Waals surface area contributed by atoms with Crippen LogP contribution in [0.3, 0.4) is 0 Å². The van der Waals surface area contributed by atoms with E-state index in [1.165, 1.54) is 0 Å². The lowest BCUT2D eigenvalue weighted by molar-refractivity contribution is 0.481. The van der Waals surface area contributed by atoms with E-state index in [-0.39, 0.29) is 5.25 Å². The van der Waals surface area contributed by atoms with E-state index >= 15 is 0 Å². The summed E-state index contributed by atoms with van der Waals surface area (Å²) in [7, 11) is -2.83. The zero-order valence-corrected chi connectivity index (χ0v) is 11.2. The summed E-state index contributed by atoms with van der Waals surface area (Å²) in [5.41, 5.74) is 0. The lowest BCUT2D eigenvalue weighted by Crippen LogP contribution is -2.22. The zero-order chi connectivity index (χ0) is 11.9. The molecule has 0 radical (unpaired) electrons. The van der Waals surface area contributed by atoms with Crippen LogP contribution >= 0.6 is 0 Å². The standard InChI is InChI=1S/C11H25NO2S/c1-5-12-9-11(4)7-6-8-15(13,14)10(2)3/h10-12H,5-9H2,1-4H3. The Morgan fingerprint density at radius 2 is 1.80 bits per heavy atom. The van der Waals surface area contributed by atoms with Crippen molar-refractivity contribution in [2.75, 3.05) is 18.8 Å². The quantitative estimate of drug-likeness (QED) is 0.698. The van der Waals surface area contributed by atoms with Crippen molar-refractivity contribution >= 4 is 9.84 Å². The van der Waals surface area contributed by atoms with Crippen LogP contribution in [0.25, 0.3) is 0 Å². The van der Waals surface area contributed by atoms with Crippen LogP contribution in [-0.4, -0.2) is 32.5 Å². The summed E-state index contributed by atoms with van der Waals surface area (Å²) in [4.78, 5) is 0. The van der Waals surface area contributed by atoms with E-state index in [0.717, 1.165) is 25.9 Å². The highest BCUT2D eigenvalue weighted by molar-refractivity contribution is 7.91. The second-order valence-electron chi connectivity index (χ2n) is 4.47. The molecule has 92 valence electrons. The fourth-order valence-electron chi connectivity index (χ4n) is 1.36. The van der Waals surface area contributed by atoms with Gasteiger partial charge in [-0.2, -0.15) is 0 Å². The fourth-order valence-corrected chi connectivity index (χ4v) is 2.40. The van der Waals surface area contributed by atoms with Gasteiger partial charge in [0.25, 0.3) is 0 Å². The Morgan fingerprint density at radius 3 is 2.27 bits per heavy atom. The summed E-state index contributed by atoms with van der Waals surface area (Å²) in [5.74, 6) is 0.897. The van der Waals surface area contributed by atoms with E-state index < -0.39 is 9.84 Å². The fraction of sp³-hybridized carbons (Fsp3) is 1.00. The van der Waals surface area contributed by atoms with Gasteiger partial charge in [0.05, 0.1) is 11.0 Å². The van der Waals surface area contributed by atoms with Gasteiger partial charge in [-0.3, -0.25) is 0 Å². The maximum atomic E-state index is 11.5. The molecule has 0 heterocycles. The molecule has 0 aromatic rings. The maximum absolute atomic E-state index is 11.5. The molecule has 0 saturated heterocycles. The van der Waals surface area contributed by atoms with Gasteiger partial charge in [0.1, 0.15) is 0 Å². The summed E-state index contributed by atoms with van der Waals surface area (Å²) in [6.07, 6.45) is 1.77. The molecule has 0 aromatic heterocycles. The Hall–Kier alpha value is -0.0900. The van der Waals surface area contributed by atoms with Crippen LogP contribution in [0.15, 0.2) is 0 Å². The van der Waals surface area contributed by atoms with E-state index in [1.54, 1.807) is 13.8 Å². The Kier molecular flexibility index (Phi) is 7.18. The van der Waals surface area contributed by atoms with Crippen LogP contribution in [0, 0.1) is 5.92 Å². The number of rotatable bonds is 8. The van der Waals surface area contributed by atoms with Crippen molar-refractivity contribution in [2.45, 2.75) is 45.8 Å². The number of hydrogen-bond donors (Lipinski definition) is 1. The summed E-state index contributed by atoms with van der Waals surface area (Å²) >= 11 is 0. The number of hydrogen-bond acceptors (Lipinski definition) is 3. The molecule has 1 N–H and O–H groups in total. The van der Waals surface area contributed by atoms with Crippen LogP contribution < -0.4 is 5.32 Å². The first-order chi connectivity index (χ1) is 6.90. The third-order valence-electron chi connectivity index (χ3n) is 2.59. The van der Waals surface area contributed by atoms with E-state index in [4.69, 9.17) is 0 Å². The van der Waals surface area contributed by atoms with Crippen molar-refractivity contribution in [3.05, 3.63) is 0 Å². The van der Waals surface area contributed by atoms with Crippen LogP contribution in [0.2, 0.25) is 0 Å².